The van der Waals surface area contributed by atoms with Crippen molar-refractivity contribution in [3.05, 3.63) is 6.42 Å². The summed E-state index contributed by atoms with van der Waals surface area (Å²) in [5.41, 5.74) is 0. The van der Waals surface area contributed by atoms with Gasteiger partial charge in [-0.1, -0.05) is 104 Å². The Morgan fingerprint density at radius 2 is 1.00 bits per heavy atom. The Kier molecular flexibility index (Phi) is 20.9. The molecule has 0 N–H and O–H groups in total. The standard InChI is InChI=1S/C21H43O/c1-3-5-7-8-9-10-11-12-13-14-15-16-17-19-21-22-20-18-6-4-2/h6H,3-5,7-21H2,1-2H3. The first-order chi connectivity index (χ1) is 10.9. The topological polar surface area (TPSA) is 9.23 Å². The monoisotopic (exact) mass is 311 g/mol. The predicted molar refractivity (Wildman–Crippen MR) is 100 cm³/mol. The van der Waals surface area contributed by atoms with E-state index >= 15 is 0 Å². The van der Waals surface area contributed by atoms with Gasteiger partial charge in [0, 0.05) is 13.2 Å². The molecular formula is C21H43O. The van der Waals surface area contributed by atoms with Gasteiger partial charge >= 0.3 is 0 Å². The second kappa shape index (κ2) is 21.0. The molecule has 1 heteroatoms. The van der Waals surface area contributed by atoms with Gasteiger partial charge < -0.3 is 4.74 Å². The Morgan fingerprint density at radius 3 is 1.45 bits per heavy atom. The molecule has 0 aliphatic carbocycles. The SMILES string of the molecule is CC[CH]CCOCCCCCCCCCCCCCCCC. The van der Waals surface area contributed by atoms with Crippen molar-refractivity contribution in [1.29, 1.82) is 0 Å². The highest BCUT2D eigenvalue weighted by Crippen LogP contribution is 2.12. The van der Waals surface area contributed by atoms with Crippen molar-refractivity contribution in [2.24, 2.45) is 0 Å². The van der Waals surface area contributed by atoms with Gasteiger partial charge in [0.2, 0.25) is 0 Å². The molecule has 0 fully saturated rings. The highest BCUT2D eigenvalue weighted by atomic mass is 16.5. The molecule has 0 aliphatic heterocycles. The molecule has 133 valence electrons. The highest BCUT2D eigenvalue weighted by molar-refractivity contribution is 4.59. The molecule has 1 nitrogen and oxygen atoms in total. The fraction of sp³-hybridized carbons (Fsp3) is 0.952. The Balaban J connectivity index is 2.91. The van der Waals surface area contributed by atoms with Crippen LogP contribution in [0.25, 0.3) is 0 Å². The molecule has 0 aromatic rings. The van der Waals surface area contributed by atoms with Crippen molar-refractivity contribution < 1.29 is 4.74 Å². The van der Waals surface area contributed by atoms with Gasteiger partial charge in [-0.05, 0) is 19.3 Å². The Labute approximate surface area is 141 Å². The zero-order chi connectivity index (χ0) is 16.1. The molecule has 0 spiro atoms. The normalized spacial score (nSPS) is 11.2. The molecule has 0 heterocycles. The predicted octanol–water partition coefficient (Wildman–Crippen LogP) is 7.49. The van der Waals surface area contributed by atoms with E-state index in [9.17, 15) is 0 Å². The first-order valence-corrected chi connectivity index (χ1v) is 10.3. The van der Waals surface area contributed by atoms with E-state index in [1.165, 1.54) is 96.3 Å². The highest BCUT2D eigenvalue weighted by Gasteiger charge is 1.94. The summed E-state index contributed by atoms with van der Waals surface area (Å²) in [4.78, 5) is 0. The van der Waals surface area contributed by atoms with Crippen LogP contribution in [-0.4, -0.2) is 13.2 Å². The van der Waals surface area contributed by atoms with Gasteiger partial charge in [0.1, 0.15) is 0 Å². The van der Waals surface area contributed by atoms with Crippen molar-refractivity contribution in [2.75, 3.05) is 13.2 Å². The van der Waals surface area contributed by atoms with E-state index < -0.39 is 0 Å². The molecule has 0 unspecified atom stereocenters. The van der Waals surface area contributed by atoms with Gasteiger partial charge in [-0.15, -0.1) is 0 Å². The molecule has 1 radical (unpaired) electrons. The molecule has 0 saturated carbocycles. The van der Waals surface area contributed by atoms with Crippen LogP contribution in [0.2, 0.25) is 0 Å². The van der Waals surface area contributed by atoms with Crippen molar-refractivity contribution in [3.8, 4) is 0 Å². The second-order valence-corrected chi connectivity index (χ2v) is 6.69. The average Bonchev–Trinajstić information content (AvgIpc) is 2.54. The van der Waals surface area contributed by atoms with Crippen molar-refractivity contribution in [1.82, 2.24) is 0 Å². The fourth-order valence-electron chi connectivity index (χ4n) is 2.87. The van der Waals surface area contributed by atoms with Crippen LogP contribution in [-0.2, 0) is 4.74 Å². The van der Waals surface area contributed by atoms with Crippen LogP contribution in [0.1, 0.15) is 117 Å². The molecule has 22 heavy (non-hydrogen) atoms. The van der Waals surface area contributed by atoms with Crippen LogP contribution in [0.3, 0.4) is 0 Å². The lowest BCUT2D eigenvalue weighted by molar-refractivity contribution is 0.132. The van der Waals surface area contributed by atoms with E-state index in [2.05, 4.69) is 20.3 Å². The zero-order valence-corrected chi connectivity index (χ0v) is 15.7. The van der Waals surface area contributed by atoms with Gasteiger partial charge in [0.15, 0.2) is 0 Å². The first-order valence-electron chi connectivity index (χ1n) is 10.3. The average molecular weight is 312 g/mol. The summed E-state index contributed by atoms with van der Waals surface area (Å²) in [6.45, 7) is 6.37. The van der Waals surface area contributed by atoms with E-state index in [1.807, 2.05) is 0 Å². The summed E-state index contributed by atoms with van der Waals surface area (Å²) in [5, 5.41) is 0. The van der Waals surface area contributed by atoms with Gasteiger partial charge in [-0.3, -0.25) is 0 Å². The summed E-state index contributed by atoms with van der Waals surface area (Å²) in [5.74, 6) is 0. The Hall–Kier alpha value is -0.0400. The zero-order valence-electron chi connectivity index (χ0n) is 15.7. The minimum Gasteiger partial charge on any atom is -0.381 e. The van der Waals surface area contributed by atoms with Gasteiger partial charge in [0.25, 0.3) is 0 Å². The van der Waals surface area contributed by atoms with Crippen molar-refractivity contribution in [3.63, 3.8) is 0 Å². The molecule has 0 aromatic heterocycles. The molecule has 0 aromatic carbocycles. The fourth-order valence-corrected chi connectivity index (χ4v) is 2.87. The van der Waals surface area contributed by atoms with E-state index in [0.717, 1.165) is 19.6 Å². The van der Waals surface area contributed by atoms with E-state index in [0.29, 0.717) is 0 Å². The van der Waals surface area contributed by atoms with E-state index in [4.69, 9.17) is 4.74 Å². The maximum absolute atomic E-state index is 5.61. The largest absolute Gasteiger partial charge is 0.381 e. The molecule has 0 rings (SSSR count). The van der Waals surface area contributed by atoms with E-state index in [1.54, 1.807) is 0 Å². The summed E-state index contributed by atoms with van der Waals surface area (Å²) < 4.78 is 5.61. The maximum atomic E-state index is 5.61. The van der Waals surface area contributed by atoms with Crippen LogP contribution in [0.5, 0.6) is 0 Å². The Bertz CT molecular complexity index is 159. The summed E-state index contributed by atoms with van der Waals surface area (Å²) in [6, 6.07) is 0. The van der Waals surface area contributed by atoms with Crippen LogP contribution in [0.15, 0.2) is 0 Å². The summed E-state index contributed by atoms with van der Waals surface area (Å²) in [6.07, 6.45) is 24.5. The van der Waals surface area contributed by atoms with Crippen molar-refractivity contribution in [2.45, 2.75) is 117 Å². The van der Waals surface area contributed by atoms with Gasteiger partial charge in [-0.2, -0.15) is 0 Å². The number of hydrogen-bond acceptors (Lipinski definition) is 1. The van der Waals surface area contributed by atoms with Gasteiger partial charge in [0.05, 0.1) is 0 Å². The van der Waals surface area contributed by atoms with Crippen LogP contribution in [0, 0.1) is 6.42 Å². The smallest absolute Gasteiger partial charge is 0.0468 e. The number of rotatable bonds is 19. The number of unbranched alkanes of at least 4 members (excludes halogenated alkanes) is 15. The van der Waals surface area contributed by atoms with Crippen LogP contribution < -0.4 is 0 Å². The molecule has 0 amide bonds. The molecule has 0 bridgehead atoms. The maximum Gasteiger partial charge on any atom is 0.0468 e. The number of ether oxygens (including phenoxy) is 1. The van der Waals surface area contributed by atoms with Crippen LogP contribution >= 0.6 is 0 Å². The lowest BCUT2D eigenvalue weighted by atomic mass is 10.0. The van der Waals surface area contributed by atoms with E-state index in [-0.39, 0.29) is 0 Å². The third-order valence-electron chi connectivity index (χ3n) is 4.40. The number of hydrogen-bond donors (Lipinski definition) is 0. The quantitative estimate of drug-likeness (QED) is 0.224. The summed E-state index contributed by atoms with van der Waals surface area (Å²) in [7, 11) is 0. The third kappa shape index (κ3) is 20.0. The van der Waals surface area contributed by atoms with Gasteiger partial charge in [-0.25, -0.2) is 0 Å². The molecule has 0 saturated heterocycles. The molecular weight excluding hydrogens is 268 g/mol. The second-order valence-electron chi connectivity index (χ2n) is 6.69. The minimum atomic E-state index is 0.923. The molecule has 0 aliphatic rings. The third-order valence-corrected chi connectivity index (χ3v) is 4.40. The summed E-state index contributed by atoms with van der Waals surface area (Å²) >= 11 is 0. The lowest BCUT2D eigenvalue weighted by Gasteiger charge is -2.04. The molecule has 0 atom stereocenters. The Morgan fingerprint density at radius 1 is 0.545 bits per heavy atom. The minimum absolute atomic E-state index is 0.923. The lowest BCUT2D eigenvalue weighted by Crippen LogP contribution is -1.97. The van der Waals surface area contributed by atoms with Crippen LogP contribution in [0.4, 0.5) is 0 Å². The first kappa shape index (κ1) is 22.0. The van der Waals surface area contributed by atoms with Crippen molar-refractivity contribution >= 4 is 0 Å².